The summed E-state index contributed by atoms with van der Waals surface area (Å²) in [7, 11) is -1.19. The number of nitrogens with zero attached hydrogens (tertiary/aromatic N) is 1. The van der Waals surface area contributed by atoms with E-state index in [-0.39, 0.29) is 10.8 Å². The van der Waals surface area contributed by atoms with Crippen LogP contribution in [0.2, 0.25) is 0 Å². The number of halogens is 1. The van der Waals surface area contributed by atoms with Gasteiger partial charge in [-0.05, 0) is 39.8 Å². The summed E-state index contributed by atoms with van der Waals surface area (Å²) in [5.74, 6) is -0.521. The van der Waals surface area contributed by atoms with Gasteiger partial charge in [0.05, 0.1) is 27.5 Å². The second kappa shape index (κ2) is 5.01. The van der Waals surface area contributed by atoms with Gasteiger partial charge < -0.3 is 0 Å². The molecule has 0 aromatic carbocycles. The molecule has 0 amide bonds. The highest BCUT2D eigenvalue weighted by Crippen LogP contribution is 2.15. The molecule has 0 aliphatic rings. The Morgan fingerprint density at radius 2 is 2.06 bits per heavy atom. The van der Waals surface area contributed by atoms with Crippen molar-refractivity contribution >= 4 is 11.0 Å². The molecule has 1 aromatic rings. The average molecular weight is 244 g/mol. The minimum atomic E-state index is -1.19. The van der Waals surface area contributed by atoms with Crippen LogP contribution in [-0.4, -0.2) is 13.9 Å². The molecule has 0 fully saturated rings. The Morgan fingerprint density at radius 3 is 2.56 bits per heavy atom. The van der Waals surface area contributed by atoms with Gasteiger partial charge >= 0.3 is 0 Å². The van der Waals surface area contributed by atoms with E-state index in [1.807, 2.05) is 27.7 Å². The van der Waals surface area contributed by atoms with E-state index in [0.717, 1.165) is 0 Å². The van der Waals surface area contributed by atoms with Crippen molar-refractivity contribution in [2.45, 2.75) is 38.5 Å². The van der Waals surface area contributed by atoms with Crippen LogP contribution >= 0.6 is 0 Å². The summed E-state index contributed by atoms with van der Waals surface area (Å²) in [4.78, 5) is 3.74. The summed E-state index contributed by atoms with van der Waals surface area (Å²) >= 11 is 0. The zero-order valence-corrected chi connectivity index (χ0v) is 10.8. The van der Waals surface area contributed by atoms with Crippen molar-refractivity contribution in [2.75, 3.05) is 0 Å². The first kappa shape index (κ1) is 13.3. The maximum absolute atomic E-state index is 12.9. The molecule has 1 aromatic heterocycles. The van der Waals surface area contributed by atoms with E-state index in [9.17, 15) is 8.60 Å². The topological polar surface area (TPSA) is 42.0 Å². The summed E-state index contributed by atoms with van der Waals surface area (Å²) in [6, 6.07) is 4.35. The molecule has 2 atom stereocenters. The molecular weight excluding hydrogens is 227 g/mol. The predicted molar refractivity (Wildman–Crippen MR) is 63.6 cm³/mol. The Balaban J connectivity index is 2.73. The molecule has 0 bridgehead atoms. The van der Waals surface area contributed by atoms with E-state index in [1.165, 1.54) is 6.07 Å². The first-order valence-electron chi connectivity index (χ1n) is 5.11. The third-order valence-electron chi connectivity index (χ3n) is 2.02. The third kappa shape index (κ3) is 3.64. The molecule has 90 valence electrons. The molecule has 1 heterocycles. The quantitative estimate of drug-likeness (QED) is 0.829. The highest BCUT2D eigenvalue weighted by atomic mass is 32.2. The zero-order chi connectivity index (χ0) is 12.3. The van der Waals surface area contributed by atoms with E-state index < -0.39 is 16.9 Å². The number of nitrogens with one attached hydrogen (secondary N) is 1. The molecule has 3 nitrogen and oxygen atoms in total. The van der Waals surface area contributed by atoms with Crippen molar-refractivity contribution in [1.29, 1.82) is 0 Å². The Hall–Kier alpha value is -0.810. The van der Waals surface area contributed by atoms with Gasteiger partial charge in [-0.3, -0.25) is 0 Å². The standard InChI is InChI=1S/C11H17FN2OS/c1-8(14-16(15)11(2,3)4)9-6-5-7-10(12)13-9/h5-8,14H,1-4H3/t8-,16+/m0/s1. The van der Waals surface area contributed by atoms with Crippen LogP contribution < -0.4 is 4.72 Å². The molecule has 0 saturated carbocycles. The molecule has 0 aliphatic carbocycles. The number of hydrogen-bond donors (Lipinski definition) is 1. The zero-order valence-electron chi connectivity index (χ0n) is 9.95. The van der Waals surface area contributed by atoms with Crippen LogP contribution in [0.1, 0.15) is 39.4 Å². The summed E-state index contributed by atoms with van der Waals surface area (Å²) in [5.41, 5.74) is 0.553. The fourth-order valence-corrected chi connectivity index (χ4v) is 1.86. The fourth-order valence-electron chi connectivity index (χ4n) is 1.06. The molecule has 0 unspecified atom stereocenters. The van der Waals surface area contributed by atoms with Gasteiger partial charge in [0.25, 0.3) is 0 Å². The van der Waals surface area contributed by atoms with E-state index in [2.05, 4.69) is 9.71 Å². The van der Waals surface area contributed by atoms with Gasteiger partial charge in [-0.25, -0.2) is 13.9 Å². The second-order valence-corrected chi connectivity index (χ2v) is 6.60. The minimum Gasteiger partial charge on any atom is -0.242 e. The summed E-state index contributed by atoms with van der Waals surface area (Å²) < 4.78 is 27.3. The average Bonchev–Trinajstić information content (AvgIpc) is 2.16. The van der Waals surface area contributed by atoms with Crippen LogP contribution in [0.3, 0.4) is 0 Å². The van der Waals surface area contributed by atoms with Crippen LogP contribution in [0.15, 0.2) is 18.2 Å². The van der Waals surface area contributed by atoms with Crippen LogP contribution in [-0.2, 0) is 11.0 Å². The molecule has 5 heteroatoms. The Labute approximate surface area is 98.1 Å². The van der Waals surface area contributed by atoms with Gasteiger partial charge in [-0.2, -0.15) is 4.39 Å². The molecule has 0 radical (unpaired) electrons. The molecule has 1 rings (SSSR count). The van der Waals surface area contributed by atoms with E-state index in [4.69, 9.17) is 0 Å². The van der Waals surface area contributed by atoms with Gasteiger partial charge in [0.2, 0.25) is 5.95 Å². The third-order valence-corrected chi connectivity index (χ3v) is 3.70. The summed E-state index contributed by atoms with van der Waals surface area (Å²) in [6.45, 7) is 7.44. The SMILES string of the molecule is C[C@H](N[S@](=O)C(C)(C)C)c1cccc(F)n1. The first-order valence-corrected chi connectivity index (χ1v) is 6.26. The van der Waals surface area contributed by atoms with E-state index in [0.29, 0.717) is 5.69 Å². The van der Waals surface area contributed by atoms with Crippen molar-refractivity contribution < 1.29 is 8.60 Å². The highest BCUT2D eigenvalue weighted by Gasteiger charge is 2.22. The molecule has 1 N–H and O–H groups in total. The van der Waals surface area contributed by atoms with Gasteiger partial charge in [-0.1, -0.05) is 6.07 Å². The monoisotopic (exact) mass is 244 g/mol. The maximum Gasteiger partial charge on any atom is 0.213 e. The minimum absolute atomic E-state index is 0.240. The van der Waals surface area contributed by atoms with E-state index in [1.54, 1.807) is 12.1 Å². The predicted octanol–water partition coefficient (Wildman–Crippen LogP) is 2.33. The van der Waals surface area contributed by atoms with E-state index >= 15 is 0 Å². The highest BCUT2D eigenvalue weighted by molar-refractivity contribution is 7.84. The summed E-state index contributed by atoms with van der Waals surface area (Å²) in [5, 5.41) is 0. The Kier molecular flexibility index (Phi) is 4.15. The molecule has 0 spiro atoms. The second-order valence-electron chi connectivity index (χ2n) is 4.61. The lowest BCUT2D eigenvalue weighted by molar-refractivity contribution is 0.560. The van der Waals surface area contributed by atoms with Gasteiger partial charge in [0, 0.05) is 0 Å². The number of aromatic nitrogens is 1. The Morgan fingerprint density at radius 1 is 1.44 bits per heavy atom. The molecular formula is C11H17FN2OS. The first-order chi connectivity index (χ1) is 7.30. The largest absolute Gasteiger partial charge is 0.242 e. The normalized spacial score (nSPS) is 15.8. The van der Waals surface area contributed by atoms with Gasteiger partial charge in [0.15, 0.2) is 0 Å². The fraction of sp³-hybridized carbons (Fsp3) is 0.545. The number of pyridine rings is 1. The number of rotatable bonds is 3. The van der Waals surface area contributed by atoms with Crippen molar-refractivity contribution in [1.82, 2.24) is 9.71 Å². The lowest BCUT2D eigenvalue weighted by atomic mass is 10.2. The van der Waals surface area contributed by atoms with Crippen LogP contribution in [0.5, 0.6) is 0 Å². The van der Waals surface area contributed by atoms with Crippen molar-refractivity contribution in [3.05, 3.63) is 29.8 Å². The lowest BCUT2D eigenvalue weighted by Crippen LogP contribution is -2.35. The van der Waals surface area contributed by atoms with Crippen molar-refractivity contribution in [3.63, 3.8) is 0 Å². The maximum atomic E-state index is 12.9. The van der Waals surface area contributed by atoms with Crippen molar-refractivity contribution in [2.24, 2.45) is 0 Å². The van der Waals surface area contributed by atoms with Crippen LogP contribution in [0.25, 0.3) is 0 Å². The van der Waals surface area contributed by atoms with Gasteiger partial charge in [-0.15, -0.1) is 0 Å². The van der Waals surface area contributed by atoms with Gasteiger partial charge in [0.1, 0.15) is 0 Å². The molecule has 16 heavy (non-hydrogen) atoms. The molecule has 0 aliphatic heterocycles. The summed E-state index contributed by atoms with van der Waals surface area (Å²) in [6.07, 6.45) is 0. The smallest absolute Gasteiger partial charge is 0.213 e. The molecule has 0 saturated heterocycles. The lowest BCUT2D eigenvalue weighted by Gasteiger charge is -2.21. The Bertz CT molecular complexity index is 390. The van der Waals surface area contributed by atoms with Crippen LogP contribution in [0.4, 0.5) is 4.39 Å². The van der Waals surface area contributed by atoms with Crippen molar-refractivity contribution in [3.8, 4) is 0 Å². The number of hydrogen-bond acceptors (Lipinski definition) is 2. The van der Waals surface area contributed by atoms with Crippen LogP contribution in [0, 0.1) is 5.95 Å².